The topological polar surface area (TPSA) is 76.0 Å². The van der Waals surface area contributed by atoms with Crippen molar-refractivity contribution in [2.24, 2.45) is 0 Å². The normalized spacial score (nSPS) is 26.7. The number of quaternary nitrogens is 1. The van der Waals surface area contributed by atoms with Gasteiger partial charge in [0.05, 0.1) is 13.1 Å². The van der Waals surface area contributed by atoms with Crippen LogP contribution in [0.1, 0.15) is 5.56 Å². The summed E-state index contributed by atoms with van der Waals surface area (Å²) in [5.41, 5.74) is 0.977. The molecule has 0 saturated carbocycles. The Morgan fingerprint density at radius 1 is 1.11 bits per heavy atom. The molecule has 1 fully saturated rings. The van der Waals surface area contributed by atoms with Gasteiger partial charge in [-0.05, 0) is 17.7 Å². The second-order valence-corrected chi connectivity index (χ2v) is 6.39. The van der Waals surface area contributed by atoms with Crippen LogP contribution in [0.2, 0.25) is 0 Å². The molecule has 2 N–H and O–H groups in total. The number of hydrogen-bond acceptors (Lipinski definition) is 5. The summed E-state index contributed by atoms with van der Waals surface area (Å²) in [6.07, 6.45) is -6.05. The number of ether oxygens (including phenoxy) is 1. The number of aliphatic hydroxyl groups excluding tert-OH is 1. The summed E-state index contributed by atoms with van der Waals surface area (Å²) >= 11 is 0. The van der Waals surface area contributed by atoms with Crippen molar-refractivity contribution in [3.05, 3.63) is 65.4 Å². The van der Waals surface area contributed by atoms with Gasteiger partial charge in [-0.25, -0.2) is 0 Å². The summed E-state index contributed by atoms with van der Waals surface area (Å²) in [5.74, 6) is -0.432. The number of rotatable bonds is 4. The van der Waals surface area contributed by atoms with Crippen LogP contribution in [-0.4, -0.2) is 47.1 Å². The lowest BCUT2D eigenvalue weighted by Gasteiger charge is -2.54. The van der Waals surface area contributed by atoms with Gasteiger partial charge < -0.3 is 24.9 Å². The maximum Gasteiger partial charge on any atom is 0.573 e. The van der Waals surface area contributed by atoms with Crippen molar-refractivity contribution >= 4 is 5.69 Å². The highest BCUT2D eigenvalue weighted by Crippen LogP contribution is 2.34. The minimum Gasteiger partial charge on any atom is -0.627 e. The van der Waals surface area contributed by atoms with Gasteiger partial charge in [-0.3, -0.25) is 0 Å². The first-order valence-electron chi connectivity index (χ1n) is 8.32. The number of hydrogen-bond donors (Lipinski definition) is 2. The molecule has 0 bridgehead atoms. The van der Waals surface area contributed by atoms with E-state index >= 15 is 0 Å². The van der Waals surface area contributed by atoms with Crippen LogP contribution in [0.3, 0.4) is 0 Å². The molecule has 2 aromatic rings. The van der Waals surface area contributed by atoms with E-state index in [1.54, 1.807) is 24.3 Å². The number of halogens is 3. The molecule has 0 radical (unpaired) electrons. The van der Waals surface area contributed by atoms with E-state index < -0.39 is 29.0 Å². The molecule has 9 heteroatoms. The minimum absolute atomic E-state index is 0.0649. The Kier molecular flexibility index (Phi) is 5.41. The number of alkyl halides is 3. The van der Waals surface area contributed by atoms with Gasteiger partial charge in [0.15, 0.2) is 6.23 Å². The highest BCUT2D eigenvalue weighted by atomic mass is 19.4. The van der Waals surface area contributed by atoms with E-state index in [0.29, 0.717) is 5.06 Å². The van der Waals surface area contributed by atoms with Gasteiger partial charge in [0.2, 0.25) is 0 Å². The molecular formula is C18H19F3N2O4. The SMILES string of the molecule is [O-][N+]1(c2ccc(OC(F)(F)F)cc2)CCN(O)[C@H](O)[C@@H]1Cc1ccccc1. The Labute approximate surface area is 153 Å². The van der Waals surface area contributed by atoms with Crippen molar-refractivity contribution < 1.29 is 28.2 Å². The summed E-state index contributed by atoms with van der Waals surface area (Å²) in [7, 11) is 0. The predicted molar refractivity (Wildman–Crippen MR) is 91.6 cm³/mol. The number of piperazine rings is 1. The van der Waals surface area contributed by atoms with Crippen molar-refractivity contribution in [3.8, 4) is 5.75 Å². The molecular weight excluding hydrogens is 365 g/mol. The van der Waals surface area contributed by atoms with Crippen LogP contribution in [0.25, 0.3) is 0 Å². The molecule has 0 aliphatic carbocycles. The van der Waals surface area contributed by atoms with Gasteiger partial charge in [0, 0.05) is 18.6 Å². The van der Waals surface area contributed by atoms with Gasteiger partial charge >= 0.3 is 6.36 Å². The third-order valence-electron chi connectivity index (χ3n) is 4.64. The molecule has 1 saturated heterocycles. The number of hydroxylamine groups is 4. The first-order chi connectivity index (χ1) is 12.7. The van der Waals surface area contributed by atoms with Gasteiger partial charge in [-0.2, -0.15) is 5.06 Å². The summed E-state index contributed by atoms with van der Waals surface area (Å²) in [5, 5.41) is 34.6. The smallest absolute Gasteiger partial charge is 0.573 e. The van der Waals surface area contributed by atoms with Crippen molar-refractivity contribution in [2.45, 2.75) is 25.1 Å². The first kappa shape index (κ1) is 19.6. The second kappa shape index (κ2) is 7.45. The maximum atomic E-state index is 13.6. The van der Waals surface area contributed by atoms with Crippen LogP contribution >= 0.6 is 0 Å². The zero-order chi connectivity index (χ0) is 19.7. The van der Waals surface area contributed by atoms with E-state index in [0.717, 1.165) is 17.7 Å². The molecule has 0 aromatic heterocycles. The molecule has 0 amide bonds. The summed E-state index contributed by atoms with van der Waals surface area (Å²) in [6.45, 7) is -0.138. The molecule has 3 rings (SSSR count). The lowest BCUT2D eigenvalue weighted by molar-refractivity contribution is -0.274. The summed E-state index contributed by atoms with van der Waals surface area (Å²) in [6, 6.07) is 12.7. The van der Waals surface area contributed by atoms with E-state index in [-0.39, 0.29) is 25.2 Å². The lowest BCUT2D eigenvalue weighted by Crippen LogP contribution is -2.68. The largest absolute Gasteiger partial charge is 0.627 e. The molecule has 3 atom stereocenters. The second-order valence-electron chi connectivity index (χ2n) is 6.39. The van der Waals surface area contributed by atoms with Crippen LogP contribution < -0.4 is 9.38 Å². The Bertz CT molecular complexity index is 757. The van der Waals surface area contributed by atoms with E-state index in [1.165, 1.54) is 12.1 Å². The Morgan fingerprint density at radius 3 is 2.33 bits per heavy atom. The Morgan fingerprint density at radius 2 is 1.74 bits per heavy atom. The number of nitrogens with zero attached hydrogens (tertiary/aromatic N) is 2. The van der Waals surface area contributed by atoms with Crippen molar-refractivity contribution in [3.63, 3.8) is 0 Å². The fourth-order valence-electron chi connectivity index (χ4n) is 3.29. The molecule has 27 heavy (non-hydrogen) atoms. The molecule has 146 valence electrons. The van der Waals surface area contributed by atoms with Crippen LogP contribution in [0, 0.1) is 5.21 Å². The van der Waals surface area contributed by atoms with Gasteiger partial charge in [0.1, 0.15) is 17.5 Å². The number of benzene rings is 2. The first-order valence-corrected chi connectivity index (χ1v) is 8.32. The fraction of sp³-hybridized carbons (Fsp3) is 0.333. The van der Waals surface area contributed by atoms with Crippen LogP contribution in [0.15, 0.2) is 54.6 Å². The Hall–Kier alpha value is -2.17. The quantitative estimate of drug-likeness (QED) is 0.626. The molecule has 1 heterocycles. The highest BCUT2D eigenvalue weighted by Gasteiger charge is 2.44. The predicted octanol–water partition coefficient (Wildman–Crippen LogP) is 3.02. The van der Waals surface area contributed by atoms with Crippen molar-refractivity contribution in [2.75, 3.05) is 13.1 Å². The van der Waals surface area contributed by atoms with Crippen LogP contribution in [0.4, 0.5) is 18.9 Å². The van der Waals surface area contributed by atoms with E-state index in [1.807, 2.05) is 6.07 Å². The lowest BCUT2D eigenvalue weighted by atomic mass is 9.99. The summed E-state index contributed by atoms with van der Waals surface area (Å²) in [4.78, 5) is 0. The molecule has 1 aliphatic heterocycles. The standard InChI is InChI=1S/C18H19F3N2O4/c19-18(20,21)27-15-8-6-14(7-9-15)23(26)11-10-22(25)17(24)16(23)12-13-4-2-1-3-5-13/h1-9,16-17,24-25H,10-12H2/t16-,17+,23?/m0/s1. The maximum absolute atomic E-state index is 13.6. The fourth-order valence-corrected chi connectivity index (χ4v) is 3.29. The number of aliphatic hydroxyl groups is 1. The third-order valence-corrected chi connectivity index (χ3v) is 4.64. The van der Waals surface area contributed by atoms with Gasteiger partial charge in [0.25, 0.3) is 0 Å². The zero-order valence-corrected chi connectivity index (χ0v) is 14.2. The molecule has 2 aromatic carbocycles. The zero-order valence-electron chi connectivity index (χ0n) is 14.2. The highest BCUT2D eigenvalue weighted by molar-refractivity contribution is 5.48. The molecule has 6 nitrogen and oxygen atoms in total. The van der Waals surface area contributed by atoms with Crippen molar-refractivity contribution in [1.82, 2.24) is 9.71 Å². The van der Waals surface area contributed by atoms with E-state index in [9.17, 15) is 28.7 Å². The average molecular weight is 384 g/mol. The van der Waals surface area contributed by atoms with Gasteiger partial charge in [-0.15, -0.1) is 13.2 Å². The van der Waals surface area contributed by atoms with E-state index in [4.69, 9.17) is 0 Å². The van der Waals surface area contributed by atoms with Crippen LogP contribution in [0.5, 0.6) is 5.75 Å². The van der Waals surface area contributed by atoms with Crippen LogP contribution in [-0.2, 0) is 6.42 Å². The average Bonchev–Trinajstić information content (AvgIpc) is 2.62. The molecule has 0 spiro atoms. The van der Waals surface area contributed by atoms with E-state index in [2.05, 4.69) is 4.74 Å². The summed E-state index contributed by atoms with van der Waals surface area (Å²) < 4.78 is 39.8. The van der Waals surface area contributed by atoms with Gasteiger partial charge in [-0.1, -0.05) is 30.3 Å². The molecule has 1 unspecified atom stereocenters. The minimum atomic E-state index is -4.82. The molecule has 1 aliphatic rings. The monoisotopic (exact) mass is 384 g/mol. The Balaban J connectivity index is 1.89. The third kappa shape index (κ3) is 4.40. The van der Waals surface area contributed by atoms with Crippen molar-refractivity contribution in [1.29, 1.82) is 0 Å².